The van der Waals surface area contributed by atoms with E-state index < -0.39 is 11.8 Å². The van der Waals surface area contributed by atoms with Gasteiger partial charge in [0.25, 0.3) is 0 Å². The smallest absolute Gasteiger partial charge is 0.329 e. The van der Waals surface area contributed by atoms with Crippen molar-refractivity contribution in [2.24, 2.45) is 10.8 Å². The molecule has 0 aromatic carbocycles. The van der Waals surface area contributed by atoms with E-state index in [1.54, 1.807) is 6.08 Å². The number of hydrazone groups is 1. The molecule has 0 saturated heterocycles. The van der Waals surface area contributed by atoms with E-state index in [9.17, 15) is 9.59 Å². The van der Waals surface area contributed by atoms with Crippen LogP contribution in [0.1, 0.15) is 39.0 Å². The summed E-state index contributed by atoms with van der Waals surface area (Å²) in [6.45, 7) is 2.17. The second-order valence-electron chi connectivity index (χ2n) is 3.36. The van der Waals surface area contributed by atoms with E-state index in [1.165, 1.54) is 25.5 Å². The van der Waals surface area contributed by atoms with Crippen molar-refractivity contribution in [3.8, 4) is 0 Å². The first kappa shape index (κ1) is 14.3. The number of nitrogens with zero attached hydrogens (tertiary/aromatic N) is 1. The zero-order chi connectivity index (χ0) is 12.2. The fraction of sp³-hybridized carbons (Fsp3) is 0.545. The molecule has 0 aliphatic heterocycles. The first-order valence-corrected chi connectivity index (χ1v) is 5.46. The molecule has 90 valence electrons. The van der Waals surface area contributed by atoms with Crippen molar-refractivity contribution in [3.05, 3.63) is 12.2 Å². The Morgan fingerprint density at radius 2 is 2.06 bits per heavy atom. The Labute approximate surface area is 95.8 Å². The summed E-state index contributed by atoms with van der Waals surface area (Å²) >= 11 is 0. The Hall–Kier alpha value is -1.65. The van der Waals surface area contributed by atoms with Crippen LogP contribution in [0.3, 0.4) is 0 Å². The standard InChI is InChI=1S/C11H19N3O2/c1-2-3-4-5-6-7-8-9-13-14-11(16)10(12)15/h7-9H,2-6H2,1H3,(H2,12,15)(H,14,16)/b8-7+,13-9+. The molecule has 0 spiro atoms. The van der Waals surface area contributed by atoms with Crippen LogP contribution >= 0.6 is 0 Å². The highest BCUT2D eigenvalue weighted by Gasteiger charge is 2.04. The summed E-state index contributed by atoms with van der Waals surface area (Å²) in [5, 5.41) is 3.51. The highest BCUT2D eigenvalue weighted by atomic mass is 16.2. The second kappa shape index (κ2) is 9.89. The lowest BCUT2D eigenvalue weighted by molar-refractivity contribution is -0.137. The number of hydrogen-bond acceptors (Lipinski definition) is 3. The maximum absolute atomic E-state index is 10.6. The van der Waals surface area contributed by atoms with Crippen molar-refractivity contribution in [2.45, 2.75) is 39.0 Å². The maximum Gasteiger partial charge on any atom is 0.329 e. The second-order valence-corrected chi connectivity index (χ2v) is 3.36. The van der Waals surface area contributed by atoms with Crippen LogP contribution in [0.4, 0.5) is 0 Å². The van der Waals surface area contributed by atoms with Crippen LogP contribution in [0.5, 0.6) is 0 Å². The van der Waals surface area contributed by atoms with E-state index in [2.05, 4.69) is 12.0 Å². The molecule has 0 heterocycles. The lowest BCUT2D eigenvalue weighted by atomic mass is 10.1. The van der Waals surface area contributed by atoms with E-state index >= 15 is 0 Å². The summed E-state index contributed by atoms with van der Waals surface area (Å²) in [5.74, 6) is -1.95. The fourth-order valence-electron chi connectivity index (χ4n) is 1.04. The van der Waals surface area contributed by atoms with E-state index in [1.807, 2.05) is 11.5 Å². The quantitative estimate of drug-likeness (QED) is 0.294. The summed E-state index contributed by atoms with van der Waals surface area (Å²) in [5.41, 5.74) is 6.70. The van der Waals surface area contributed by atoms with Crippen molar-refractivity contribution in [1.29, 1.82) is 0 Å². The van der Waals surface area contributed by atoms with Crippen molar-refractivity contribution >= 4 is 18.0 Å². The van der Waals surface area contributed by atoms with Gasteiger partial charge in [0.2, 0.25) is 0 Å². The number of allylic oxidation sites excluding steroid dienone is 2. The summed E-state index contributed by atoms with van der Waals surface area (Å²) in [6.07, 6.45) is 11.0. The molecule has 0 saturated carbocycles. The molecule has 0 atom stereocenters. The molecule has 2 amide bonds. The summed E-state index contributed by atoms with van der Waals surface area (Å²) in [6, 6.07) is 0. The molecule has 5 heteroatoms. The minimum atomic E-state index is -1.04. The van der Waals surface area contributed by atoms with Gasteiger partial charge in [0.15, 0.2) is 0 Å². The first-order valence-electron chi connectivity index (χ1n) is 5.46. The largest absolute Gasteiger partial charge is 0.361 e. The Morgan fingerprint density at radius 3 is 2.69 bits per heavy atom. The number of carbonyl (C=O) groups is 2. The van der Waals surface area contributed by atoms with Crippen LogP contribution in [0.15, 0.2) is 17.3 Å². The molecule has 0 aromatic rings. The van der Waals surface area contributed by atoms with Gasteiger partial charge in [-0.3, -0.25) is 9.59 Å². The molecule has 0 aromatic heterocycles. The molecular weight excluding hydrogens is 206 g/mol. The number of carbonyl (C=O) groups excluding carboxylic acids is 2. The van der Waals surface area contributed by atoms with Gasteiger partial charge in [-0.1, -0.05) is 32.3 Å². The Bertz CT molecular complexity index is 272. The molecule has 0 bridgehead atoms. The number of hydrogen-bond donors (Lipinski definition) is 2. The fourth-order valence-corrected chi connectivity index (χ4v) is 1.04. The van der Waals surface area contributed by atoms with Crippen molar-refractivity contribution < 1.29 is 9.59 Å². The monoisotopic (exact) mass is 225 g/mol. The van der Waals surface area contributed by atoms with Gasteiger partial charge < -0.3 is 5.73 Å². The van der Waals surface area contributed by atoms with Crippen LogP contribution in [0.2, 0.25) is 0 Å². The third-order valence-corrected chi connectivity index (χ3v) is 1.91. The average molecular weight is 225 g/mol. The third kappa shape index (κ3) is 8.93. The van der Waals surface area contributed by atoms with Gasteiger partial charge in [-0.05, 0) is 18.9 Å². The Kier molecular flexibility index (Phi) is 8.87. The summed E-state index contributed by atoms with van der Waals surface area (Å²) in [4.78, 5) is 20.9. The molecule has 0 aliphatic rings. The van der Waals surface area contributed by atoms with E-state index in [0.717, 1.165) is 12.8 Å². The SMILES string of the molecule is CCCCCC/C=C/C=N/NC(=O)C(N)=O. The molecule has 0 fully saturated rings. The topological polar surface area (TPSA) is 84.6 Å². The summed E-state index contributed by atoms with van der Waals surface area (Å²) < 4.78 is 0. The van der Waals surface area contributed by atoms with Gasteiger partial charge in [-0.2, -0.15) is 5.10 Å². The number of amides is 2. The molecular formula is C11H19N3O2. The van der Waals surface area contributed by atoms with Crippen LogP contribution in [0, 0.1) is 0 Å². The van der Waals surface area contributed by atoms with Crippen molar-refractivity contribution in [2.75, 3.05) is 0 Å². The number of unbranched alkanes of at least 4 members (excludes halogenated alkanes) is 4. The van der Waals surface area contributed by atoms with Gasteiger partial charge in [-0.15, -0.1) is 0 Å². The average Bonchev–Trinajstić information content (AvgIpc) is 2.26. The Balaban J connectivity index is 3.48. The summed E-state index contributed by atoms with van der Waals surface area (Å²) in [7, 11) is 0. The molecule has 16 heavy (non-hydrogen) atoms. The predicted molar refractivity (Wildman–Crippen MR) is 63.7 cm³/mol. The molecule has 0 rings (SSSR count). The van der Waals surface area contributed by atoms with E-state index in [-0.39, 0.29) is 0 Å². The normalized spacial score (nSPS) is 11.1. The van der Waals surface area contributed by atoms with Gasteiger partial charge in [0.1, 0.15) is 0 Å². The van der Waals surface area contributed by atoms with Crippen LogP contribution in [-0.2, 0) is 9.59 Å². The predicted octanol–water partition coefficient (Wildman–Crippen LogP) is 1.10. The molecule has 0 unspecified atom stereocenters. The number of nitrogens with one attached hydrogen (secondary N) is 1. The number of primary amides is 1. The van der Waals surface area contributed by atoms with E-state index in [4.69, 9.17) is 5.73 Å². The highest BCUT2D eigenvalue weighted by Crippen LogP contribution is 2.02. The van der Waals surface area contributed by atoms with Crippen molar-refractivity contribution in [3.63, 3.8) is 0 Å². The van der Waals surface area contributed by atoms with Gasteiger partial charge in [0, 0.05) is 6.21 Å². The minimum Gasteiger partial charge on any atom is -0.361 e. The minimum absolute atomic E-state index is 0.910. The van der Waals surface area contributed by atoms with Crippen LogP contribution < -0.4 is 11.2 Å². The van der Waals surface area contributed by atoms with Crippen LogP contribution in [0.25, 0.3) is 0 Å². The van der Waals surface area contributed by atoms with Crippen molar-refractivity contribution in [1.82, 2.24) is 5.43 Å². The molecule has 5 nitrogen and oxygen atoms in total. The van der Waals surface area contributed by atoms with Gasteiger partial charge >= 0.3 is 11.8 Å². The van der Waals surface area contributed by atoms with E-state index in [0.29, 0.717) is 0 Å². The lowest BCUT2D eigenvalue weighted by Crippen LogP contribution is -2.32. The third-order valence-electron chi connectivity index (χ3n) is 1.91. The molecule has 0 radical (unpaired) electrons. The van der Waals surface area contributed by atoms with Gasteiger partial charge in [0.05, 0.1) is 0 Å². The van der Waals surface area contributed by atoms with Crippen LogP contribution in [-0.4, -0.2) is 18.0 Å². The Morgan fingerprint density at radius 1 is 1.31 bits per heavy atom. The first-order chi connectivity index (χ1) is 7.68. The molecule has 0 aliphatic carbocycles. The lowest BCUT2D eigenvalue weighted by Gasteiger charge is -1.93. The zero-order valence-corrected chi connectivity index (χ0v) is 9.61. The highest BCUT2D eigenvalue weighted by molar-refractivity contribution is 6.34. The molecule has 3 N–H and O–H groups in total. The number of nitrogens with two attached hydrogens (primary N) is 1. The maximum atomic E-state index is 10.6. The van der Waals surface area contributed by atoms with Gasteiger partial charge in [-0.25, -0.2) is 5.43 Å². The zero-order valence-electron chi connectivity index (χ0n) is 9.61. The number of rotatable bonds is 7.